The molecule has 0 radical (unpaired) electrons. The third-order valence-corrected chi connectivity index (χ3v) is 3.76. The zero-order valence-electron chi connectivity index (χ0n) is 18.7. The summed E-state index contributed by atoms with van der Waals surface area (Å²) >= 11 is 0. The summed E-state index contributed by atoms with van der Waals surface area (Å²) in [6.45, 7) is 13.3. The Bertz CT molecular complexity index is 477. The van der Waals surface area contributed by atoms with Crippen LogP contribution in [-0.4, -0.2) is 43.1 Å². The van der Waals surface area contributed by atoms with Gasteiger partial charge in [0.25, 0.3) is 0 Å². The van der Waals surface area contributed by atoms with Crippen LogP contribution in [0, 0.1) is 11.8 Å². The summed E-state index contributed by atoms with van der Waals surface area (Å²) in [5.41, 5.74) is 0. The molecule has 0 fully saturated rings. The average molecular weight is 406 g/mol. The molecule has 0 aromatic rings. The van der Waals surface area contributed by atoms with Crippen LogP contribution in [0.25, 0.3) is 0 Å². The highest BCUT2D eigenvalue weighted by atomic mass is 16.2. The second-order valence-electron chi connectivity index (χ2n) is 7.23. The second kappa shape index (κ2) is 18.4. The van der Waals surface area contributed by atoms with Gasteiger partial charge in [0.05, 0.1) is 0 Å². The van der Waals surface area contributed by atoms with Crippen LogP contribution >= 0.6 is 0 Å². The van der Waals surface area contributed by atoms with Crippen molar-refractivity contribution < 1.29 is 23.5 Å². The van der Waals surface area contributed by atoms with Crippen LogP contribution in [0.3, 0.4) is 0 Å². The van der Waals surface area contributed by atoms with E-state index in [0.717, 1.165) is 0 Å². The van der Waals surface area contributed by atoms with Gasteiger partial charge in [0.2, 0.25) is 17.7 Å². The van der Waals surface area contributed by atoms with Crippen LogP contribution in [0.4, 0.5) is 0 Å². The fraction of sp³-hybridized carbons (Fsp3) is 0.810. The van der Waals surface area contributed by atoms with Crippen LogP contribution in [0.15, 0.2) is 0 Å². The third-order valence-electron chi connectivity index (χ3n) is 3.76. The van der Waals surface area contributed by atoms with Gasteiger partial charge >= 0.3 is 0 Å². The first-order valence-electron chi connectivity index (χ1n) is 10.5. The predicted molar refractivity (Wildman–Crippen MR) is 119 cm³/mol. The van der Waals surface area contributed by atoms with E-state index >= 15 is 0 Å². The molecule has 7 heteroatoms. The lowest BCUT2D eigenvalue weighted by Gasteiger charge is -2.08. The largest absolute Gasteiger partial charge is 0.356 e. The number of nitrogens with one attached hydrogen (secondary N) is 3. The SMILES string of the molecule is CC.CC(C)CNC(=O)CCCNC(=O)CCCNC(=O)CCC(=O)C(C)C.[HH].[HH].[HH]. The number of hydrogen-bond acceptors (Lipinski definition) is 4. The van der Waals surface area contributed by atoms with Crippen molar-refractivity contribution in [1.29, 1.82) is 0 Å². The highest BCUT2D eigenvalue weighted by Crippen LogP contribution is 2.01. The number of carbonyl (C=O) groups excluding carboxylic acids is 4. The minimum Gasteiger partial charge on any atom is -0.356 e. The maximum absolute atomic E-state index is 11.7. The summed E-state index contributed by atoms with van der Waals surface area (Å²) in [5, 5.41) is 8.31. The average Bonchev–Trinajstić information content (AvgIpc) is 2.66. The van der Waals surface area contributed by atoms with E-state index in [2.05, 4.69) is 16.0 Å². The summed E-state index contributed by atoms with van der Waals surface area (Å²) in [7, 11) is 0. The van der Waals surface area contributed by atoms with Gasteiger partial charge in [-0.3, -0.25) is 19.2 Å². The molecule has 0 atom stereocenters. The smallest absolute Gasteiger partial charge is 0.220 e. The minimum atomic E-state index is -0.160. The number of amides is 3. The van der Waals surface area contributed by atoms with Gasteiger partial charge in [0, 0.05) is 55.5 Å². The molecule has 0 aliphatic rings. The van der Waals surface area contributed by atoms with Gasteiger partial charge in [-0.2, -0.15) is 0 Å². The van der Waals surface area contributed by atoms with Crippen molar-refractivity contribution in [2.24, 2.45) is 11.8 Å². The maximum atomic E-state index is 11.7. The Kier molecular flexibility index (Phi) is 18.6. The normalized spacial score (nSPS) is 10.1. The number of ketones is 1. The van der Waals surface area contributed by atoms with E-state index in [0.29, 0.717) is 51.2 Å². The van der Waals surface area contributed by atoms with E-state index in [1.165, 1.54) is 0 Å². The van der Waals surface area contributed by atoms with E-state index < -0.39 is 0 Å². The lowest BCUT2D eigenvalue weighted by molar-refractivity contribution is -0.126. The number of hydrogen-bond donors (Lipinski definition) is 3. The maximum Gasteiger partial charge on any atom is 0.220 e. The topological polar surface area (TPSA) is 104 Å². The molecular weight excluding hydrogens is 358 g/mol. The molecule has 3 amide bonds. The van der Waals surface area contributed by atoms with Gasteiger partial charge in [0.15, 0.2) is 0 Å². The summed E-state index contributed by atoms with van der Waals surface area (Å²) < 4.78 is 0. The van der Waals surface area contributed by atoms with Gasteiger partial charge < -0.3 is 16.0 Å². The fourth-order valence-corrected chi connectivity index (χ4v) is 2.06. The van der Waals surface area contributed by atoms with Crippen molar-refractivity contribution in [2.75, 3.05) is 19.6 Å². The van der Waals surface area contributed by atoms with E-state index in [1.54, 1.807) is 0 Å². The molecule has 0 aliphatic heterocycles. The molecule has 0 rings (SSSR count). The van der Waals surface area contributed by atoms with E-state index in [4.69, 9.17) is 0 Å². The van der Waals surface area contributed by atoms with Crippen LogP contribution in [-0.2, 0) is 19.2 Å². The van der Waals surface area contributed by atoms with Crippen molar-refractivity contribution in [1.82, 2.24) is 16.0 Å². The van der Waals surface area contributed by atoms with Gasteiger partial charge in [-0.05, 0) is 18.8 Å². The highest BCUT2D eigenvalue weighted by Gasteiger charge is 2.10. The van der Waals surface area contributed by atoms with Crippen molar-refractivity contribution >= 4 is 23.5 Å². The van der Waals surface area contributed by atoms with E-state index in [1.807, 2.05) is 41.5 Å². The lowest BCUT2D eigenvalue weighted by Crippen LogP contribution is -2.30. The Balaban J connectivity index is -0.000000436. The zero-order chi connectivity index (χ0) is 21.9. The lowest BCUT2D eigenvalue weighted by atomic mass is 10.0. The standard InChI is InChI=1S/C19H35N3O4.C2H6.3H2/c1-14(2)13-22-18(25)8-6-11-20-17(24)7-5-12-21-19(26)10-9-16(23)15(3)4;1-2;;;/h14-15H,5-13H2,1-4H3,(H,20,24)(H,21,26)(H,22,25);1-2H3;3*1H. The van der Waals surface area contributed by atoms with E-state index in [-0.39, 0.29) is 46.5 Å². The highest BCUT2D eigenvalue weighted by molar-refractivity contribution is 5.86. The van der Waals surface area contributed by atoms with Crippen molar-refractivity contribution in [3.63, 3.8) is 0 Å². The number of Topliss-reactive ketones (excluding diaryl/α,β-unsaturated/α-hetero) is 1. The monoisotopic (exact) mass is 405 g/mol. The molecular formula is C21H47N3O4. The Morgan fingerprint density at radius 3 is 1.54 bits per heavy atom. The molecule has 3 N–H and O–H groups in total. The molecule has 0 aromatic carbocycles. The second-order valence-corrected chi connectivity index (χ2v) is 7.23. The predicted octanol–water partition coefficient (Wildman–Crippen LogP) is 3.32. The molecule has 7 nitrogen and oxygen atoms in total. The summed E-state index contributed by atoms with van der Waals surface area (Å²) in [4.78, 5) is 46.2. The summed E-state index contributed by atoms with van der Waals surface area (Å²) in [6, 6.07) is 0. The van der Waals surface area contributed by atoms with Gasteiger partial charge in [0.1, 0.15) is 5.78 Å². The molecule has 0 saturated heterocycles. The fourth-order valence-electron chi connectivity index (χ4n) is 2.06. The Morgan fingerprint density at radius 2 is 1.11 bits per heavy atom. The Morgan fingerprint density at radius 1 is 0.679 bits per heavy atom. The van der Waals surface area contributed by atoms with Crippen LogP contribution in [0.2, 0.25) is 0 Å². The van der Waals surface area contributed by atoms with Crippen molar-refractivity contribution in [3.05, 3.63) is 0 Å². The molecule has 0 aromatic heterocycles. The number of rotatable bonds is 14. The first kappa shape index (κ1) is 28.3. The number of carbonyl (C=O) groups is 4. The van der Waals surface area contributed by atoms with Crippen molar-refractivity contribution in [3.8, 4) is 0 Å². The molecule has 170 valence electrons. The first-order valence-corrected chi connectivity index (χ1v) is 10.5. The summed E-state index contributed by atoms with van der Waals surface area (Å²) in [5.74, 6) is 0.218. The molecule has 0 unspecified atom stereocenters. The van der Waals surface area contributed by atoms with Crippen molar-refractivity contribution in [2.45, 2.75) is 80.1 Å². The first-order chi connectivity index (χ1) is 13.2. The minimum absolute atomic E-state index is 0. The Labute approximate surface area is 175 Å². The molecule has 0 bridgehead atoms. The molecule has 0 spiro atoms. The molecule has 0 aliphatic carbocycles. The quantitative estimate of drug-likeness (QED) is 0.386. The summed E-state index contributed by atoms with van der Waals surface area (Å²) in [6.07, 6.45) is 2.33. The molecule has 0 heterocycles. The van der Waals surface area contributed by atoms with Gasteiger partial charge in [-0.25, -0.2) is 0 Å². The van der Waals surface area contributed by atoms with Crippen LogP contribution < -0.4 is 16.0 Å². The molecule has 0 saturated carbocycles. The zero-order valence-corrected chi connectivity index (χ0v) is 18.7. The van der Waals surface area contributed by atoms with Crippen LogP contribution in [0.1, 0.15) is 84.3 Å². The van der Waals surface area contributed by atoms with E-state index in [9.17, 15) is 19.2 Å². The molecule has 28 heavy (non-hydrogen) atoms. The third kappa shape index (κ3) is 18.9. The van der Waals surface area contributed by atoms with Crippen LogP contribution in [0.5, 0.6) is 0 Å². The van der Waals surface area contributed by atoms with Gasteiger partial charge in [-0.15, -0.1) is 0 Å². The Hall–Kier alpha value is -1.92. The van der Waals surface area contributed by atoms with Gasteiger partial charge in [-0.1, -0.05) is 41.5 Å².